The molecule has 1 heterocycles. The lowest BCUT2D eigenvalue weighted by Crippen LogP contribution is -2.45. The van der Waals surface area contributed by atoms with E-state index in [4.69, 9.17) is 16.7 Å². The summed E-state index contributed by atoms with van der Waals surface area (Å²) in [6.07, 6.45) is 0.137. The zero-order valence-electron chi connectivity index (χ0n) is 11.5. The van der Waals surface area contributed by atoms with Crippen LogP contribution in [0.15, 0.2) is 24.3 Å². The summed E-state index contributed by atoms with van der Waals surface area (Å²) in [4.78, 5) is 24.4. The summed E-state index contributed by atoms with van der Waals surface area (Å²) in [6.45, 7) is -0.430. The Balaban J connectivity index is 2.13. The van der Waals surface area contributed by atoms with Crippen molar-refractivity contribution < 1.29 is 23.1 Å². The van der Waals surface area contributed by atoms with Crippen molar-refractivity contribution in [2.24, 2.45) is 0 Å². The summed E-state index contributed by atoms with van der Waals surface area (Å²) in [5.41, 5.74) is 0.708. The quantitative estimate of drug-likeness (QED) is 0.805. The molecule has 1 atom stereocenters. The molecule has 0 spiro atoms. The molecule has 1 amide bonds. The van der Waals surface area contributed by atoms with Crippen LogP contribution in [0.1, 0.15) is 12.0 Å². The lowest BCUT2D eigenvalue weighted by molar-refractivity contribution is -0.145. The molecule has 1 saturated heterocycles. The molecule has 1 fully saturated rings. The molecule has 22 heavy (non-hydrogen) atoms. The van der Waals surface area contributed by atoms with Gasteiger partial charge in [0, 0.05) is 11.6 Å². The average molecular weight is 347 g/mol. The highest BCUT2D eigenvalue weighted by Crippen LogP contribution is 2.15. The Hall–Kier alpha value is -1.64. The van der Waals surface area contributed by atoms with Crippen molar-refractivity contribution in [2.45, 2.75) is 19.0 Å². The van der Waals surface area contributed by atoms with Gasteiger partial charge < -0.3 is 10.0 Å². The Bertz CT molecular complexity index is 674. The van der Waals surface area contributed by atoms with Gasteiger partial charge in [0.15, 0.2) is 0 Å². The first-order valence-corrected chi connectivity index (χ1v) is 8.55. The molecule has 0 aromatic heterocycles. The van der Waals surface area contributed by atoms with E-state index in [0.717, 1.165) is 4.90 Å². The highest BCUT2D eigenvalue weighted by molar-refractivity contribution is 7.89. The maximum atomic E-state index is 12.3. The van der Waals surface area contributed by atoms with E-state index in [2.05, 4.69) is 4.72 Å². The van der Waals surface area contributed by atoms with Gasteiger partial charge in [-0.15, -0.1) is 0 Å². The van der Waals surface area contributed by atoms with Crippen LogP contribution in [0.4, 0.5) is 0 Å². The molecule has 9 heteroatoms. The number of nitrogens with one attached hydrogen (secondary N) is 1. The topological polar surface area (TPSA) is 104 Å². The maximum absolute atomic E-state index is 12.3. The molecule has 0 bridgehead atoms. The number of rotatable bonds is 5. The summed E-state index contributed by atoms with van der Waals surface area (Å²) in [6, 6.07) is 5.74. The van der Waals surface area contributed by atoms with Crippen LogP contribution < -0.4 is 4.72 Å². The SMILES string of the molecule is O=C(O)CN(Cc1ccc(Cl)cc1)C(=O)C1CCS(=O)(=O)N1. The minimum atomic E-state index is -3.44. The van der Waals surface area contributed by atoms with Gasteiger partial charge in [0.05, 0.1) is 5.75 Å². The summed E-state index contributed by atoms with van der Waals surface area (Å²) >= 11 is 5.78. The van der Waals surface area contributed by atoms with Gasteiger partial charge in [0.1, 0.15) is 12.6 Å². The fourth-order valence-corrected chi connectivity index (χ4v) is 3.63. The van der Waals surface area contributed by atoms with Crippen molar-refractivity contribution in [3.63, 3.8) is 0 Å². The van der Waals surface area contributed by atoms with Crippen molar-refractivity contribution in [3.8, 4) is 0 Å². The third kappa shape index (κ3) is 4.43. The van der Waals surface area contributed by atoms with Gasteiger partial charge in [-0.05, 0) is 24.1 Å². The van der Waals surface area contributed by atoms with Crippen molar-refractivity contribution in [3.05, 3.63) is 34.9 Å². The molecule has 7 nitrogen and oxygen atoms in total. The van der Waals surface area contributed by atoms with E-state index < -0.39 is 34.5 Å². The Labute approximate surface area is 132 Å². The summed E-state index contributed by atoms with van der Waals surface area (Å²) in [5, 5.41) is 9.48. The molecule has 1 aromatic carbocycles. The van der Waals surface area contributed by atoms with Gasteiger partial charge in [-0.1, -0.05) is 23.7 Å². The third-order valence-electron chi connectivity index (χ3n) is 3.22. The van der Waals surface area contributed by atoms with Crippen molar-refractivity contribution >= 4 is 33.5 Å². The smallest absolute Gasteiger partial charge is 0.323 e. The van der Waals surface area contributed by atoms with E-state index in [1.54, 1.807) is 24.3 Å². The lowest BCUT2D eigenvalue weighted by Gasteiger charge is -2.23. The first kappa shape index (κ1) is 16.7. The Morgan fingerprint density at radius 1 is 1.32 bits per heavy atom. The number of sulfonamides is 1. The van der Waals surface area contributed by atoms with Crippen molar-refractivity contribution in [2.75, 3.05) is 12.3 Å². The fraction of sp³-hybridized carbons (Fsp3) is 0.385. The van der Waals surface area contributed by atoms with Gasteiger partial charge in [0.25, 0.3) is 0 Å². The largest absolute Gasteiger partial charge is 0.480 e. The number of aliphatic carboxylic acids is 1. The number of carboxylic acids is 1. The minimum Gasteiger partial charge on any atom is -0.480 e. The van der Waals surface area contributed by atoms with E-state index in [0.29, 0.717) is 10.6 Å². The summed E-state index contributed by atoms with van der Waals surface area (Å²) < 4.78 is 25.0. The summed E-state index contributed by atoms with van der Waals surface area (Å²) in [7, 11) is -3.44. The van der Waals surface area contributed by atoms with E-state index in [1.165, 1.54) is 0 Å². The zero-order valence-corrected chi connectivity index (χ0v) is 13.1. The molecule has 1 aliphatic heterocycles. The van der Waals surface area contributed by atoms with Crippen LogP contribution in [-0.2, 0) is 26.2 Å². The number of nitrogens with zero attached hydrogens (tertiary/aromatic N) is 1. The number of amides is 1. The van der Waals surface area contributed by atoms with Crippen LogP contribution in [0, 0.1) is 0 Å². The maximum Gasteiger partial charge on any atom is 0.323 e. The molecule has 120 valence electrons. The number of hydrogen-bond acceptors (Lipinski definition) is 4. The van der Waals surface area contributed by atoms with E-state index in [1.807, 2.05) is 0 Å². The van der Waals surface area contributed by atoms with Crippen molar-refractivity contribution in [1.82, 2.24) is 9.62 Å². The molecule has 0 radical (unpaired) electrons. The third-order valence-corrected chi connectivity index (χ3v) is 4.89. The van der Waals surface area contributed by atoms with E-state index in [9.17, 15) is 18.0 Å². The molecular weight excluding hydrogens is 332 g/mol. The van der Waals surface area contributed by atoms with Crippen LogP contribution in [0.25, 0.3) is 0 Å². The first-order valence-electron chi connectivity index (χ1n) is 6.52. The van der Waals surface area contributed by atoms with Crippen molar-refractivity contribution in [1.29, 1.82) is 0 Å². The van der Waals surface area contributed by atoms with Gasteiger partial charge in [-0.25, -0.2) is 13.1 Å². The predicted octanol–water partition coefficient (Wildman–Crippen LogP) is 0.445. The first-order chi connectivity index (χ1) is 10.3. The second-order valence-corrected chi connectivity index (χ2v) is 7.30. The fourth-order valence-electron chi connectivity index (χ4n) is 2.19. The van der Waals surface area contributed by atoms with Gasteiger partial charge in [-0.3, -0.25) is 9.59 Å². The van der Waals surface area contributed by atoms with Crippen LogP contribution in [0.3, 0.4) is 0 Å². The molecular formula is C13H15ClN2O5S. The van der Waals surface area contributed by atoms with Crippen LogP contribution >= 0.6 is 11.6 Å². The lowest BCUT2D eigenvalue weighted by atomic mass is 10.1. The molecule has 1 aliphatic rings. The second kappa shape index (κ2) is 6.64. The highest BCUT2D eigenvalue weighted by Gasteiger charge is 2.35. The molecule has 2 rings (SSSR count). The average Bonchev–Trinajstić information content (AvgIpc) is 2.79. The second-order valence-electron chi connectivity index (χ2n) is 4.99. The Morgan fingerprint density at radius 3 is 2.45 bits per heavy atom. The van der Waals surface area contributed by atoms with Gasteiger partial charge >= 0.3 is 5.97 Å². The Morgan fingerprint density at radius 2 is 1.95 bits per heavy atom. The number of carbonyl (C=O) groups excluding carboxylic acids is 1. The number of halogens is 1. The van der Waals surface area contributed by atoms with E-state index in [-0.39, 0.29) is 18.7 Å². The Kier molecular flexibility index (Phi) is 5.05. The summed E-state index contributed by atoms with van der Waals surface area (Å²) in [5.74, 6) is -1.84. The number of carboxylic acid groups (broad SMARTS) is 1. The monoisotopic (exact) mass is 346 g/mol. The molecule has 1 aromatic rings. The number of hydrogen-bond donors (Lipinski definition) is 2. The van der Waals surface area contributed by atoms with Crippen LogP contribution in [0.5, 0.6) is 0 Å². The normalized spacial score (nSPS) is 19.8. The van der Waals surface area contributed by atoms with Gasteiger partial charge in [0.2, 0.25) is 15.9 Å². The van der Waals surface area contributed by atoms with Crippen LogP contribution in [-0.4, -0.2) is 48.6 Å². The number of carbonyl (C=O) groups is 2. The zero-order chi connectivity index (χ0) is 16.3. The number of benzene rings is 1. The van der Waals surface area contributed by atoms with E-state index >= 15 is 0 Å². The van der Waals surface area contributed by atoms with Crippen LogP contribution in [0.2, 0.25) is 5.02 Å². The highest BCUT2D eigenvalue weighted by atomic mass is 35.5. The predicted molar refractivity (Wildman–Crippen MR) is 79.8 cm³/mol. The molecule has 1 unspecified atom stereocenters. The molecule has 2 N–H and O–H groups in total. The molecule has 0 saturated carbocycles. The van der Waals surface area contributed by atoms with Gasteiger partial charge in [-0.2, -0.15) is 0 Å². The standard InChI is InChI=1S/C13H15ClN2O5S/c14-10-3-1-9(2-4-10)7-16(8-12(17)18)13(19)11-5-6-22(20,21)15-11/h1-4,11,15H,5-8H2,(H,17,18). The molecule has 0 aliphatic carbocycles. The minimum absolute atomic E-state index is 0.0700.